The van der Waals surface area contributed by atoms with Crippen LogP contribution in [0.1, 0.15) is 20.7 Å². The van der Waals surface area contributed by atoms with Crippen LogP contribution in [0.2, 0.25) is 0 Å². The maximum atomic E-state index is 11.8. The molecule has 0 spiro atoms. The van der Waals surface area contributed by atoms with Crippen molar-refractivity contribution in [1.29, 1.82) is 0 Å². The molecule has 0 aliphatic carbocycles. The molecule has 0 N–H and O–H groups in total. The van der Waals surface area contributed by atoms with E-state index >= 15 is 0 Å². The van der Waals surface area contributed by atoms with Crippen LogP contribution in [0.5, 0.6) is 0 Å². The first-order chi connectivity index (χ1) is 8.56. The van der Waals surface area contributed by atoms with Crippen LogP contribution in [0, 0.1) is 0 Å². The molecule has 18 heavy (non-hydrogen) atoms. The van der Waals surface area contributed by atoms with Gasteiger partial charge < -0.3 is 14.0 Å². The average molecular weight is 289 g/mol. The number of carbonyl (C=O) groups is 2. The molecule has 1 heterocycles. The molecule has 1 aromatic rings. The number of hydrogen-bond acceptors (Lipinski definition) is 6. The Balaban J connectivity index is 3.27. The summed E-state index contributed by atoms with van der Waals surface area (Å²) >= 11 is 5.57. The fraction of sp³-hybridized carbons (Fsp3) is 0.455. The van der Waals surface area contributed by atoms with Gasteiger partial charge >= 0.3 is 11.9 Å². The Labute approximate surface area is 115 Å². The van der Waals surface area contributed by atoms with Gasteiger partial charge in [-0.3, -0.25) is 0 Å². The maximum Gasteiger partial charge on any atom is 0.341 e. The minimum absolute atomic E-state index is 0.216. The van der Waals surface area contributed by atoms with Crippen LogP contribution >= 0.6 is 24.4 Å². The first-order valence-electron chi connectivity index (χ1n) is 5.16. The molecule has 0 aliphatic rings. The van der Waals surface area contributed by atoms with Crippen LogP contribution < -0.4 is 0 Å². The third-order valence-corrected chi connectivity index (χ3v) is 3.95. The number of thiol groups is 1. The van der Waals surface area contributed by atoms with Crippen LogP contribution in [0.25, 0.3) is 0 Å². The normalized spacial score (nSPS) is 10.2. The molecule has 0 radical (unpaired) electrons. The van der Waals surface area contributed by atoms with E-state index in [1.165, 1.54) is 26.0 Å². The third kappa shape index (κ3) is 3.02. The van der Waals surface area contributed by atoms with Crippen LogP contribution in [0.15, 0.2) is 11.2 Å². The van der Waals surface area contributed by atoms with Crippen molar-refractivity contribution < 1.29 is 19.1 Å². The Morgan fingerprint density at radius 1 is 1.33 bits per heavy atom. The van der Waals surface area contributed by atoms with Gasteiger partial charge in [0.1, 0.15) is 5.56 Å². The number of esters is 2. The molecule has 100 valence electrons. The van der Waals surface area contributed by atoms with Crippen LogP contribution in [0.4, 0.5) is 0 Å². The van der Waals surface area contributed by atoms with Gasteiger partial charge in [0.2, 0.25) is 0 Å². The molecule has 0 atom stereocenters. The molecule has 0 bridgehead atoms. The molecule has 0 unspecified atom stereocenters. The van der Waals surface area contributed by atoms with Gasteiger partial charge in [0.05, 0.1) is 24.8 Å². The van der Waals surface area contributed by atoms with Crippen molar-refractivity contribution in [2.45, 2.75) is 5.03 Å². The molecule has 0 saturated carbocycles. The molecule has 5 nitrogen and oxygen atoms in total. The third-order valence-electron chi connectivity index (χ3n) is 2.25. The molecule has 0 aliphatic heterocycles. The molecule has 1 aromatic heterocycles. The fourth-order valence-corrected chi connectivity index (χ4v) is 2.64. The van der Waals surface area contributed by atoms with E-state index in [0.717, 1.165) is 5.75 Å². The summed E-state index contributed by atoms with van der Waals surface area (Å²) in [6, 6.07) is 0. The lowest BCUT2D eigenvalue weighted by atomic mass is 10.2. The minimum atomic E-state index is -0.552. The van der Waals surface area contributed by atoms with Crippen LogP contribution in [-0.4, -0.2) is 42.2 Å². The summed E-state index contributed by atoms with van der Waals surface area (Å²) in [6.07, 6.45) is 1.57. The van der Waals surface area contributed by atoms with E-state index in [9.17, 15) is 9.59 Å². The van der Waals surface area contributed by atoms with Crippen LogP contribution in [0.3, 0.4) is 0 Å². The van der Waals surface area contributed by atoms with Crippen molar-refractivity contribution >= 4 is 36.3 Å². The average Bonchev–Trinajstić information content (AvgIpc) is 2.71. The second-order valence-corrected chi connectivity index (χ2v) is 4.92. The molecular formula is C11H15NO4S2. The summed E-state index contributed by atoms with van der Waals surface area (Å²) in [4.78, 5) is 23.4. The molecular weight excluding hydrogens is 274 g/mol. The van der Waals surface area contributed by atoms with Gasteiger partial charge in [-0.25, -0.2) is 9.59 Å². The first kappa shape index (κ1) is 15.0. The van der Waals surface area contributed by atoms with Gasteiger partial charge in [0.25, 0.3) is 0 Å². The van der Waals surface area contributed by atoms with E-state index in [4.69, 9.17) is 4.74 Å². The number of rotatable bonds is 5. The van der Waals surface area contributed by atoms with Crippen molar-refractivity contribution in [1.82, 2.24) is 4.57 Å². The number of carbonyl (C=O) groups excluding carboxylic acids is 2. The number of aryl methyl sites for hydroxylation is 1. The lowest BCUT2D eigenvalue weighted by Crippen LogP contribution is -2.10. The summed E-state index contributed by atoms with van der Waals surface area (Å²) in [6.45, 7) is 0. The summed E-state index contributed by atoms with van der Waals surface area (Å²) in [5.41, 5.74) is 0.465. The second-order valence-electron chi connectivity index (χ2n) is 3.39. The molecule has 0 saturated heterocycles. The van der Waals surface area contributed by atoms with Gasteiger partial charge in [-0.1, -0.05) is 0 Å². The monoisotopic (exact) mass is 289 g/mol. The SMILES string of the molecule is COC(=O)c1cn(C)c(SCCS)c1C(=O)OC. The summed E-state index contributed by atoms with van der Waals surface area (Å²) in [7, 11) is 4.32. The van der Waals surface area contributed by atoms with Gasteiger partial charge in [-0.05, 0) is 5.75 Å². The van der Waals surface area contributed by atoms with E-state index in [2.05, 4.69) is 17.4 Å². The topological polar surface area (TPSA) is 57.5 Å². The summed E-state index contributed by atoms with van der Waals surface area (Å²) in [5.74, 6) is 0.302. The lowest BCUT2D eigenvalue weighted by molar-refractivity contribution is 0.0554. The molecule has 1 rings (SSSR count). The smallest absolute Gasteiger partial charge is 0.341 e. The highest BCUT2D eigenvalue weighted by Gasteiger charge is 2.26. The predicted molar refractivity (Wildman–Crippen MR) is 72.7 cm³/mol. The highest BCUT2D eigenvalue weighted by atomic mass is 32.2. The zero-order valence-electron chi connectivity index (χ0n) is 10.4. The summed E-state index contributed by atoms with van der Waals surface area (Å²) < 4.78 is 11.1. The Bertz CT molecular complexity index is 456. The van der Waals surface area contributed by atoms with E-state index in [1.807, 2.05) is 0 Å². The van der Waals surface area contributed by atoms with Crippen molar-refractivity contribution in [2.24, 2.45) is 7.05 Å². The highest BCUT2D eigenvalue weighted by molar-refractivity contribution is 8.00. The molecule has 0 aromatic carbocycles. The van der Waals surface area contributed by atoms with Crippen molar-refractivity contribution in [3.8, 4) is 0 Å². The number of nitrogens with zero attached hydrogens (tertiary/aromatic N) is 1. The van der Waals surface area contributed by atoms with Gasteiger partial charge in [0.15, 0.2) is 0 Å². The fourth-order valence-electron chi connectivity index (χ4n) is 1.49. The van der Waals surface area contributed by atoms with Crippen LogP contribution in [-0.2, 0) is 16.5 Å². The summed E-state index contributed by atoms with van der Waals surface area (Å²) in [5, 5.41) is 0.677. The number of ether oxygens (including phenoxy) is 2. The lowest BCUT2D eigenvalue weighted by Gasteiger charge is -2.05. The van der Waals surface area contributed by atoms with Crippen molar-refractivity contribution in [3.63, 3.8) is 0 Å². The van der Waals surface area contributed by atoms with Crippen molar-refractivity contribution in [3.05, 3.63) is 17.3 Å². The zero-order valence-corrected chi connectivity index (χ0v) is 12.1. The number of methoxy groups -OCH3 is 2. The van der Waals surface area contributed by atoms with E-state index in [1.54, 1.807) is 17.8 Å². The highest BCUT2D eigenvalue weighted by Crippen LogP contribution is 2.28. The Hall–Kier alpha value is -1.08. The number of thioether (sulfide) groups is 1. The standard InChI is InChI=1S/C11H15NO4S2/c1-12-6-7(10(13)15-2)8(11(14)16-3)9(12)18-5-4-17/h6,17H,4-5H2,1-3H3. The van der Waals surface area contributed by atoms with Gasteiger partial charge in [0, 0.05) is 19.0 Å². The Kier molecular flexibility index (Phi) is 5.61. The quantitative estimate of drug-likeness (QED) is 0.507. The largest absolute Gasteiger partial charge is 0.465 e. The van der Waals surface area contributed by atoms with E-state index < -0.39 is 11.9 Å². The predicted octanol–water partition coefficient (Wildman–Crippen LogP) is 1.62. The Morgan fingerprint density at radius 3 is 2.44 bits per heavy atom. The van der Waals surface area contributed by atoms with Crippen molar-refractivity contribution in [2.75, 3.05) is 25.7 Å². The van der Waals surface area contributed by atoms with Gasteiger partial charge in [-0.2, -0.15) is 12.6 Å². The minimum Gasteiger partial charge on any atom is -0.465 e. The molecule has 7 heteroatoms. The number of aromatic nitrogens is 1. The molecule has 0 fully saturated rings. The number of hydrogen-bond donors (Lipinski definition) is 1. The van der Waals surface area contributed by atoms with E-state index in [0.29, 0.717) is 10.8 Å². The van der Waals surface area contributed by atoms with E-state index in [-0.39, 0.29) is 11.1 Å². The zero-order chi connectivity index (χ0) is 13.7. The molecule has 0 amide bonds. The van der Waals surface area contributed by atoms with Gasteiger partial charge in [-0.15, -0.1) is 11.8 Å². The Morgan fingerprint density at radius 2 is 1.94 bits per heavy atom. The second kappa shape index (κ2) is 6.75. The first-order valence-corrected chi connectivity index (χ1v) is 6.78. The maximum absolute atomic E-state index is 11.8.